The van der Waals surface area contributed by atoms with Crippen LogP contribution < -0.4 is 0 Å². The van der Waals surface area contributed by atoms with Crippen molar-refractivity contribution in [3.05, 3.63) is 34.3 Å². The first-order valence-electron chi connectivity index (χ1n) is 5.13. The van der Waals surface area contributed by atoms with Gasteiger partial charge in [0.05, 0.1) is 6.10 Å². The summed E-state index contributed by atoms with van der Waals surface area (Å²) in [5, 5.41) is 9.47. The molecule has 1 aromatic rings. The molecule has 0 saturated heterocycles. The van der Waals surface area contributed by atoms with E-state index in [1.807, 2.05) is 33.0 Å². The highest BCUT2D eigenvalue weighted by Gasteiger charge is 2.14. The fourth-order valence-corrected chi connectivity index (χ4v) is 1.88. The van der Waals surface area contributed by atoms with Crippen LogP contribution in [0.15, 0.2) is 28.7 Å². The largest absolute Gasteiger partial charge is 0.392 e. The monoisotopic (exact) mass is 271 g/mol. The Hall–Kier alpha value is -0.380. The Morgan fingerprint density at radius 3 is 2.60 bits per heavy atom. The van der Waals surface area contributed by atoms with Gasteiger partial charge in [-0.25, -0.2) is 0 Å². The van der Waals surface area contributed by atoms with Crippen LogP contribution in [0.1, 0.15) is 19.4 Å². The van der Waals surface area contributed by atoms with Crippen LogP contribution in [0, 0.1) is 0 Å². The van der Waals surface area contributed by atoms with Gasteiger partial charge in [0.2, 0.25) is 0 Å². The second-order valence-electron chi connectivity index (χ2n) is 4.03. The van der Waals surface area contributed by atoms with E-state index in [4.69, 9.17) is 0 Å². The first-order chi connectivity index (χ1) is 7.00. The molecule has 0 spiro atoms. The predicted octanol–water partition coefficient (Wildman–Crippen LogP) is 2.65. The van der Waals surface area contributed by atoms with Crippen molar-refractivity contribution < 1.29 is 5.11 Å². The summed E-state index contributed by atoms with van der Waals surface area (Å²) in [5.41, 5.74) is 1.25. The highest BCUT2D eigenvalue weighted by Crippen LogP contribution is 2.14. The fraction of sp³-hybridized carbons (Fsp3) is 0.500. The van der Waals surface area contributed by atoms with Gasteiger partial charge < -0.3 is 5.11 Å². The average molecular weight is 272 g/mol. The molecule has 15 heavy (non-hydrogen) atoms. The molecule has 0 heterocycles. The van der Waals surface area contributed by atoms with Gasteiger partial charge in [0.25, 0.3) is 0 Å². The maximum atomic E-state index is 9.47. The summed E-state index contributed by atoms with van der Waals surface area (Å²) in [6.45, 7) is 4.70. The molecule has 0 bridgehead atoms. The Morgan fingerprint density at radius 1 is 1.40 bits per heavy atom. The molecule has 2 unspecified atom stereocenters. The lowest BCUT2D eigenvalue weighted by atomic mass is 10.1. The van der Waals surface area contributed by atoms with Gasteiger partial charge in [0, 0.05) is 17.1 Å². The van der Waals surface area contributed by atoms with E-state index in [0.29, 0.717) is 0 Å². The number of nitrogens with zero attached hydrogens (tertiary/aromatic N) is 1. The van der Waals surface area contributed by atoms with Crippen LogP contribution in [0.2, 0.25) is 0 Å². The maximum Gasteiger partial charge on any atom is 0.0664 e. The van der Waals surface area contributed by atoms with Gasteiger partial charge in [-0.1, -0.05) is 28.1 Å². The lowest BCUT2D eigenvalue weighted by molar-refractivity contribution is 0.0828. The van der Waals surface area contributed by atoms with Crippen molar-refractivity contribution in [2.75, 3.05) is 7.05 Å². The molecule has 0 aliphatic rings. The number of hydrogen-bond donors (Lipinski definition) is 1. The molecule has 0 aliphatic heterocycles. The van der Waals surface area contributed by atoms with Crippen LogP contribution in [0.5, 0.6) is 0 Å². The molecule has 0 saturated carbocycles. The lowest BCUT2D eigenvalue weighted by Crippen LogP contribution is -2.36. The van der Waals surface area contributed by atoms with E-state index < -0.39 is 0 Å². The number of aliphatic hydroxyl groups excluding tert-OH is 1. The van der Waals surface area contributed by atoms with E-state index in [2.05, 4.69) is 33.0 Å². The molecule has 0 amide bonds. The number of aliphatic hydroxyl groups is 1. The molecule has 1 aromatic carbocycles. The Labute approximate surface area is 100 Å². The molecular formula is C12H18BrNO. The van der Waals surface area contributed by atoms with E-state index in [0.717, 1.165) is 11.0 Å². The van der Waals surface area contributed by atoms with Crippen molar-refractivity contribution in [1.29, 1.82) is 0 Å². The summed E-state index contributed by atoms with van der Waals surface area (Å²) in [7, 11) is 2.03. The Morgan fingerprint density at radius 2 is 2.07 bits per heavy atom. The molecule has 1 N–H and O–H groups in total. The van der Waals surface area contributed by atoms with Crippen molar-refractivity contribution >= 4 is 15.9 Å². The maximum absolute atomic E-state index is 9.47. The molecule has 1 rings (SSSR count). The average Bonchev–Trinajstić information content (AvgIpc) is 2.16. The van der Waals surface area contributed by atoms with E-state index >= 15 is 0 Å². The van der Waals surface area contributed by atoms with Crippen molar-refractivity contribution in [2.24, 2.45) is 0 Å². The SMILES string of the molecule is CC(O)C(C)N(C)Cc1cccc(Br)c1. The smallest absolute Gasteiger partial charge is 0.0664 e. The normalized spacial score (nSPS) is 15.3. The molecule has 3 heteroatoms. The molecular weight excluding hydrogens is 254 g/mol. The summed E-state index contributed by atoms with van der Waals surface area (Å²) in [4.78, 5) is 2.15. The Balaban J connectivity index is 2.62. The van der Waals surface area contributed by atoms with Gasteiger partial charge >= 0.3 is 0 Å². The van der Waals surface area contributed by atoms with Gasteiger partial charge in [-0.05, 0) is 38.6 Å². The lowest BCUT2D eigenvalue weighted by Gasteiger charge is -2.26. The van der Waals surface area contributed by atoms with Gasteiger partial charge in [-0.3, -0.25) is 4.90 Å². The van der Waals surface area contributed by atoms with E-state index in [9.17, 15) is 5.11 Å². The minimum Gasteiger partial charge on any atom is -0.392 e. The van der Waals surface area contributed by atoms with Crippen molar-refractivity contribution in [1.82, 2.24) is 4.90 Å². The third kappa shape index (κ3) is 3.93. The van der Waals surface area contributed by atoms with Crippen LogP contribution in [0.4, 0.5) is 0 Å². The summed E-state index contributed by atoms with van der Waals surface area (Å²) in [5.74, 6) is 0. The summed E-state index contributed by atoms with van der Waals surface area (Å²) in [6, 6.07) is 8.41. The van der Waals surface area contributed by atoms with Crippen LogP contribution in [-0.2, 0) is 6.54 Å². The molecule has 84 valence electrons. The minimum atomic E-state index is -0.304. The van der Waals surface area contributed by atoms with Crippen molar-refractivity contribution in [2.45, 2.75) is 32.5 Å². The van der Waals surface area contributed by atoms with Crippen LogP contribution >= 0.6 is 15.9 Å². The summed E-state index contributed by atoms with van der Waals surface area (Å²) >= 11 is 3.45. The molecule has 2 nitrogen and oxygen atoms in total. The first-order valence-corrected chi connectivity index (χ1v) is 5.92. The van der Waals surface area contributed by atoms with E-state index in [1.54, 1.807) is 0 Å². The first kappa shape index (κ1) is 12.7. The Bertz CT molecular complexity index is 314. The van der Waals surface area contributed by atoms with Gasteiger partial charge in [0.15, 0.2) is 0 Å². The predicted molar refractivity (Wildman–Crippen MR) is 66.8 cm³/mol. The van der Waals surface area contributed by atoms with Gasteiger partial charge in [0.1, 0.15) is 0 Å². The van der Waals surface area contributed by atoms with Gasteiger partial charge in [-0.15, -0.1) is 0 Å². The zero-order valence-corrected chi connectivity index (χ0v) is 11.0. The highest BCUT2D eigenvalue weighted by molar-refractivity contribution is 9.10. The van der Waals surface area contributed by atoms with E-state index in [1.165, 1.54) is 5.56 Å². The molecule has 0 fully saturated rings. The molecule has 0 radical (unpaired) electrons. The third-order valence-corrected chi connectivity index (χ3v) is 3.21. The number of likely N-dealkylation sites (N-methyl/N-ethyl adjacent to an activating group) is 1. The number of rotatable bonds is 4. The zero-order valence-electron chi connectivity index (χ0n) is 9.44. The fourth-order valence-electron chi connectivity index (χ4n) is 1.44. The highest BCUT2D eigenvalue weighted by atomic mass is 79.9. The van der Waals surface area contributed by atoms with Crippen LogP contribution in [0.25, 0.3) is 0 Å². The molecule has 0 aromatic heterocycles. The quantitative estimate of drug-likeness (QED) is 0.910. The van der Waals surface area contributed by atoms with E-state index in [-0.39, 0.29) is 12.1 Å². The minimum absolute atomic E-state index is 0.170. The van der Waals surface area contributed by atoms with Crippen LogP contribution in [0.3, 0.4) is 0 Å². The summed E-state index contributed by atoms with van der Waals surface area (Å²) in [6.07, 6.45) is -0.304. The summed E-state index contributed by atoms with van der Waals surface area (Å²) < 4.78 is 1.10. The Kier molecular flexibility index (Phi) is 4.77. The third-order valence-electron chi connectivity index (χ3n) is 2.71. The zero-order chi connectivity index (χ0) is 11.4. The molecule has 2 atom stereocenters. The number of halogens is 1. The van der Waals surface area contributed by atoms with Crippen molar-refractivity contribution in [3.8, 4) is 0 Å². The van der Waals surface area contributed by atoms with Gasteiger partial charge in [-0.2, -0.15) is 0 Å². The number of hydrogen-bond acceptors (Lipinski definition) is 2. The second kappa shape index (κ2) is 5.64. The van der Waals surface area contributed by atoms with Crippen molar-refractivity contribution in [3.63, 3.8) is 0 Å². The second-order valence-corrected chi connectivity index (χ2v) is 4.94. The number of benzene rings is 1. The standard InChI is InChI=1S/C12H18BrNO/c1-9(10(2)15)14(3)8-11-5-4-6-12(13)7-11/h4-7,9-10,15H,8H2,1-3H3. The topological polar surface area (TPSA) is 23.5 Å². The van der Waals surface area contributed by atoms with Crippen LogP contribution in [-0.4, -0.2) is 29.2 Å². The molecule has 0 aliphatic carbocycles.